The van der Waals surface area contributed by atoms with Crippen LogP contribution in [0.4, 0.5) is 0 Å². The second-order valence-corrected chi connectivity index (χ2v) is 12.7. The molecule has 218 valence electrons. The van der Waals surface area contributed by atoms with Gasteiger partial charge in [0.15, 0.2) is 11.5 Å². The van der Waals surface area contributed by atoms with E-state index in [2.05, 4.69) is 68.0 Å². The van der Waals surface area contributed by atoms with Gasteiger partial charge in [0, 0.05) is 6.42 Å². The molecule has 0 spiro atoms. The predicted octanol–water partition coefficient (Wildman–Crippen LogP) is 7.45. The summed E-state index contributed by atoms with van der Waals surface area (Å²) >= 11 is 3.46. The van der Waals surface area contributed by atoms with Crippen molar-refractivity contribution >= 4 is 34.0 Å². The van der Waals surface area contributed by atoms with Gasteiger partial charge in [0.2, 0.25) is 5.91 Å². The molecule has 41 heavy (non-hydrogen) atoms. The Hall–Kier alpha value is -3.65. The lowest BCUT2D eigenvalue weighted by Gasteiger charge is -2.28. The van der Waals surface area contributed by atoms with Crippen LogP contribution in [0.15, 0.2) is 64.2 Å². The molecule has 3 aromatic carbocycles. The summed E-state index contributed by atoms with van der Waals surface area (Å²) < 4.78 is 11.8. The second-order valence-electron chi connectivity index (χ2n) is 11.9. The molecule has 3 rings (SSSR count). The molecule has 0 radical (unpaired) electrons. The van der Waals surface area contributed by atoms with Crippen LogP contribution in [0.3, 0.4) is 0 Å². The number of esters is 1. The number of benzene rings is 3. The monoisotopic (exact) mass is 622 g/mol. The van der Waals surface area contributed by atoms with Crippen LogP contribution in [0.2, 0.25) is 0 Å². The minimum atomic E-state index is -0.501. The summed E-state index contributed by atoms with van der Waals surface area (Å²) in [4.78, 5) is 25.2. The van der Waals surface area contributed by atoms with Crippen molar-refractivity contribution in [3.05, 3.63) is 86.9 Å². The fourth-order valence-corrected chi connectivity index (χ4v) is 4.77. The van der Waals surface area contributed by atoms with Gasteiger partial charge in [-0.15, -0.1) is 0 Å². The van der Waals surface area contributed by atoms with Crippen LogP contribution in [0, 0.1) is 0 Å². The maximum atomic E-state index is 12.6. The third-order valence-electron chi connectivity index (χ3n) is 6.37. The Balaban J connectivity index is 1.70. The topological polar surface area (TPSA) is 97.2 Å². The number of ether oxygens (including phenoxy) is 2. The number of halogens is 1. The molecule has 0 aliphatic carbocycles. The largest absolute Gasteiger partial charge is 0.507 e. The lowest BCUT2D eigenvalue weighted by Crippen LogP contribution is -2.20. The molecule has 3 aromatic rings. The van der Waals surface area contributed by atoms with Crippen molar-refractivity contribution in [2.24, 2.45) is 5.10 Å². The molecule has 0 saturated carbocycles. The number of hydrazone groups is 1. The lowest BCUT2D eigenvalue weighted by atomic mass is 9.78. The van der Waals surface area contributed by atoms with Crippen LogP contribution in [-0.2, 0) is 22.0 Å². The Bertz CT molecular complexity index is 1390. The molecule has 1 amide bonds. The number of amides is 1. The first-order chi connectivity index (χ1) is 19.2. The van der Waals surface area contributed by atoms with Gasteiger partial charge in [-0.05, 0) is 86.6 Å². The van der Waals surface area contributed by atoms with Crippen molar-refractivity contribution < 1.29 is 24.2 Å². The van der Waals surface area contributed by atoms with Crippen LogP contribution in [-0.4, -0.2) is 29.8 Å². The van der Waals surface area contributed by atoms with Crippen molar-refractivity contribution in [2.45, 2.75) is 72.1 Å². The standard InChI is InChI=1S/C33H39BrN2O5/c1-8-40-27-19-22(18-26(34)30(27)41-31(39)23-12-10-9-11-13-23)20-35-36-28(37)15-14-21-16-24(32(2,3)4)29(38)25(17-21)33(5,6)7/h9-13,16-20,38H,8,14-15H2,1-7H3,(H,36,37)/b35-20-. The highest BCUT2D eigenvalue weighted by Gasteiger charge is 2.26. The van der Waals surface area contributed by atoms with E-state index >= 15 is 0 Å². The van der Waals surface area contributed by atoms with Gasteiger partial charge in [-0.1, -0.05) is 71.9 Å². The molecule has 0 bridgehead atoms. The van der Waals surface area contributed by atoms with Gasteiger partial charge in [-0.2, -0.15) is 5.10 Å². The van der Waals surface area contributed by atoms with Gasteiger partial charge >= 0.3 is 5.97 Å². The van der Waals surface area contributed by atoms with Gasteiger partial charge < -0.3 is 14.6 Å². The van der Waals surface area contributed by atoms with E-state index in [-0.39, 0.29) is 28.9 Å². The van der Waals surface area contributed by atoms with E-state index in [4.69, 9.17) is 9.47 Å². The number of rotatable bonds is 9. The number of phenols is 1. The highest BCUT2D eigenvalue weighted by Crippen LogP contribution is 2.40. The smallest absolute Gasteiger partial charge is 0.343 e. The highest BCUT2D eigenvalue weighted by atomic mass is 79.9. The molecule has 0 aliphatic heterocycles. The normalized spacial score (nSPS) is 11.9. The zero-order valence-electron chi connectivity index (χ0n) is 24.8. The van der Waals surface area contributed by atoms with E-state index in [0.29, 0.717) is 40.1 Å². The van der Waals surface area contributed by atoms with Crippen molar-refractivity contribution in [3.63, 3.8) is 0 Å². The first-order valence-corrected chi connectivity index (χ1v) is 14.4. The molecule has 0 heterocycles. The zero-order valence-corrected chi connectivity index (χ0v) is 26.4. The molecule has 0 fully saturated rings. The molecular formula is C33H39BrN2O5. The van der Waals surface area contributed by atoms with Crippen LogP contribution in [0.25, 0.3) is 0 Å². The quantitative estimate of drug-likeness (QED) is 0.112. The number of nitrogens with zero attached hydrogens (tertiary/aromatic N) is 1. The van der Waals surface area contributed by atoms with E-state index in [1.54, 1.807) is 36.4 Å². The van der Waals surface area contributed by atoms with Crippen LogP contribution >= 0.6 is 15.9 Å². The molecule has 0 aliphatic rings. The number of carbonyl (C=O) groups excluding carboxylic acids is 2. The second kappa shape index (κ2) is 13.3. The summed E-state index contributed by atoms with van der Waals surface area (Å²) in [5.74, 6) is 0.220. The minimum absolute atomic E-state index is 0.234. The third kappa shape index (κ3) is 8.67. The average Bonchev–Trinajstić information content (AvgIpc) is 2.89. The average molecular weight is 624 g/mol. The molecule has 0 atom stereocenters. The molecule has 0 saturated heterocycles. The summed E-state index contributed by atoms with van der Waals surface area (Å²) in [6, 6.07) is 16.1. The Kier molecular flexibility index (Phi) is 10.4. The summed E-state index contributed by atoms with van der Waals surface area (Å²) in [7, 11) is 0. The number of hydrogen-bond donors (Lipinski definition) is 2. The molecule has 0 unspecified atom stereocenters. The molecular weight excluding hydrogens is 584 g/mol. The molecule has 8 heteroatoms. The zero-order chi connectivity index (χ0) is 30.4. The summed E-state index contributed by atoms with van der Waals surface area (Å²) in [6.07, 6.45) is 2.25. The maximum absolute atomic E-state index is 12.6. The summed E-state index contributed by atoms with van der Waals surface area (Å²) in [6.45, 7) is 14.6. The van der Waals surface area contributed by atoms with E-state index in [1.807, 2.05) is 25.1 Å². The molecule has 0 aromatic heterocycles. The van der Waals surface area contributed by atoms with E-state index in [9.17, 15) is 14.7 Å². The first kappa shape index (κ1) is 31.9. The van der Waals surface area contributed by atoms with Gasteiger partial charge in [-0.25, -0.2) is 10.2 Å². The van der Waals surface area contributed by atoms with Crippen LogP contribution in [0.1, 0.15) is 87.5 Å². The minimum Gasteiger partial charge on any atom is -0.507 e. The van der Waals surface area contributed by atoms with Gasteiger partial charge in [0.05, 0.1) is 22.9 Å². The number of hydrogen-bond acceptors (Lipinski definition) is 6. The number of aromatic hydroxyl groups is 1. The van der Waals surface area contributed by atoms with Crippen molar-refractivity contribution in [2.75, 3.05) is 6.61 Å². The summed E-state index contributed by atoms with van der Waals surface area (Å²) in [5, 5.41) is 15.0. The Morgan fingerprint density at radius 3 is 2.15 bits per heavy atom. The van der Waals surface area contributed by atoms with Crippen molar-refractivity contribution in [1.82, 2.24) is 5.43 Å². The fraction of sp³-hybridized carbons (Fsp3) is 0.364. The van der Waals surface area contributed by atoms with Crippen molar-refractivity contribution in [3.8, 4) is 17.2 Å². The van der Waals surface area contributed by atoms with Gasteiger partial charge in [0.25, 0.3) is 0 Å². The van der Waals surface area contributed by atoms with E-state index < -0.39 is 5.97 Å². The number of nitrogens with one attached hydrogen (secondary N) is 1. The Morgan fingerprint density at radius 2 is 1.59 bits per heavy atom. The predicted molar refractivity (Wildman–Crippen MR) is 166 cm³/mol. The van der Waals surface area contributed by atoms with E-state index in [0.717, 1.165) is 16.7 Å². The van der Waals surface area contributed by atoms with Crippen molar-refractivity contribution in [1.29, 1.82) is 0 Å². The fourth-order valence-electron chi connectivity index (χ4n) is 4.22. The SMILES string of the molecule is CCOc1cc(/C=N\NC(=O)CCc2cc(C(C)(C)C)c(O)c(C(C)(C)C)c2)cc(Br)c1OC(=O)c1ccccc1. The van der Waals surface area contributed by atoms with E-state index in [1.165, 1.54) is 6.21 Å². The summed E-state index contributed by atoms with van der Waals surface area (Å²) in [5.41, 5.74) is 5.89. The van der Waals surface area contributed by atoms with Gasteiger partial charge in [-0.3, -0.25) is 4.79 Å². The highest BCUT2D eigenvalue weighted by molar-refractivity contribution is 9.10. The Morgan fingerprint density at radius 1 is 0.976 bits per heavy atom. The first-order valence-electron chi connectivity index (χ1n) is 13.6. The molecule has 2 N–H and O–H groups in total. The van der Waals surface area contributed by atoms with Crippen LogP contribution < -0.4 is 14.9 Å². The third-order valence-corrected chi connectivity index (χ3v) is 6.95. The maximum Gasteiger partial charge on any atom is 0.343 e. The number of carbonyl (C=O) groups is 2. The number of phenolic OH excluding ortho intramolecular Hbond substituents is 1. The lowest BCUT2D eigenvalue weighted by molar-refractivity contribution is -0.121. The van der Waals surface area contributed by atoms with Crippen LogP contribution in [0.5, 0.6) is 17.2 Å². The molecule has 7 nitrogen and oxygen atoms in total. The number of aryl methyl sites for hydroxylation is 1. The van der Waals surface area contributed by atoms with Gasteiger partial charge in [0.1, 0.15) is 5.75 Å². The Labute approximate surface area is 251 Å².